The second-order valence-corrected chi connectivity index (χ2v) is 9.96. The molecule has 1 atom stereocenters. The average Bonchev–Trinajstić information content (AvgIpc) is 2.96. The van der Waals surface area contributed by atoms with Crippen molar-refractivity contribution in [2.45, 2.75) is 10.1 Å². The Hall–Kier alpha value is -4.54. The molecule has 0 fully saturated rings. The van der Waals surface area contributed by atoms with Gasteiger partial charge in [0.1, 0.15) is 16.7 Å². The number of non-ortho nitro benzene ring substituents is 1. The fourth-order valence-corrected chi connectivity index (χ4v) is 5.10. The van der Waals surface area contributed by atoms with E-state index in [9.17, 15) is 19.7 Å². The maximum Gasteiger partial charge on any atom is 0.269 e. The van der Waals surface area contributed by atoms with Crippen LogP contribution in [0.1, 0.15) is 21.2 Å². The average molecular weight is 578 g/mol. The Kier molecular flexibility index (Phi) is 9.26. The predicted octanol–water partition coefficient (Wildman–Crippen LogP) is 6.99. The molecule has 2 amide bonds. The van der Waals surface area contributed by atoms with Crippen molar-refractivity contribution in [1.29, 1.82) is 0 Å². The van der Waals surface area contributed by atoms with Crippen molar-refractivity contribution in [2.75, 3.05) is 24.9 Å². The fourth-order valence-electron chi connectivity index (χ4n) is 3.78. The van der Waals surface area contributed by atoms with Crippen LogP contribution in [0.3, 0.4) is 0 Å². The summed E-state index contributed by atoms with van der Waals surface area (Å²) in [5, 5.41) is 16.2. The summed E-state index contributed by atoms with van der Waals surface area (Å²) in [6, 6.07) is 24.8. The standard InChI is InChI=1S/C29H24ClN3O6S/c1-38-25-17-26(39-2)24(16-23(25)30)32-29(35)27(18-7-4-3-5-8-18)40-22-10-6-9-20(15-22)31-28(34)19-11-13-21(14-12-19)33(36)37/h3-17,27H,1-2H3,(H,31,34)(H,32,35). The van der Waals surface area contributed by atoms with Crippen molar-refractivity contribution in [3.8, 4) is 11.5 Å². The van der Waals surface area contributed by atoms with Crippen molar-refractivity contribution < 1.29 is 24.0 Å². The van der Waals surface area contributed by atoms with E-state index >= 15 is 0 Å². The number of nitro groups is 1. The summed E-state index contributed by atoms with van der Waals surface area (Å²) in [5.41, 5.74) is 1.84. The van der Waals surface area contributed by atoms with Crippen LogP contribution < -0.4 is 20.1 Å². The Balaban J connectivity index is 1.56. The summed E-state index contributed by atoms with van der Waals surface area (Å²) in [6.07, 6.45) is 0. The molecule has 4 aromatic carbocycles. The molecule has 4 aromatic rings. The van der Waals surface area contributed by atoms with Crippen LogP contribution in [0, 0.1) is 10.1 Å². The van der Waals surface area contributed by atoms with E-state index in [1.165, 1.54) is 50.2 Å². The molecule has 0 saturated heterocycles. The first-order valence-electron chi connectivity index (χ1n) is 11.9. The first-order valence-corrected chi connectivity index (χ1v) is 13.1. The van der Waals surface area contributed by atoms with Gasteiger partial charge in [-0.2, -0.15) is 0 Å². The second-order valence-electron chi connectivity index (χ2n) is 8.37. The smallest absolute Gasteiger partial charge is 0.269 e. The second kappa shape index (κ2) is 13.0. The highest BCUT2D eigenvalue weighted by molar-refractivity contribution is 8.00. The Morgan fingerprint density at radius 3 is 2.23 bits per heavy atom. The number of rotatable bonds is 10. The molecule has 0 bridgehead atoms. The Morgan fingerprint density at radius 1 is 0.875 bits per heavy atom. The highest BCUT2D eigenvalue weighted by Gasteiger charge is 2.24. The Morgan fingerprint density at radius 2 is 1.57 bits per heavy atom. The molecule has 40 heavy (non-hydrogen) atoms. The number of ether oxygens (including phenoxy) is 2. The minimum absolute atomic E-state index is 0.102. The van der Waals surface area contributed by atoms with Gasteiger partial charge in [-0.3, -0.25) is 19.7 Å². The molecular formula is C29H24ClN3O6S. The van der Waals surface area contributed by atoms with Crippen molar-refractivity contribution in [3.05, 3.63) is 117 Å². The Labute approximate surface area is 239 Å². The number of amides is 2. The first kappa shape index (κ1) is 28.5. The van der Waals surface area contributed by atoms with Gasteiger partial charge in [-0.05, 0) is 42.0 Å². The zero-order chi connectivity index (χ0) is 28.6. The van der Waals surface area contributed by atoms with Crippen LogP contribution >= 0.6 is 23.4 Å². The van der Waals surface area contributed by atoms with Gasteiger partial charge in [-0.15, -0.1) is 11.8 Å². The third-order valence-corrected chi connectivity index (χ3v) is 7.30. The molecule has 0 saturated carbocycles. The van der Waals surface area contributed by atoms with Gasteiger partial charge in [0.15, 0.2) is 0 Å². The zero-order valence-corrected chi connectivity index (χ0v) is 23.0. The SMILES string of the molecule is COc1cc(OC)c(NC(=O)C(Sc2cccc(NC(=O)c3ccc([N+](=O)[O-])cc3)c2)c2ccccc2)cc1Cl. The molecule has 0 heterocycles. The normalized spacial score (nSPS) is 11.3. The number of nitrogens with one attached hydrogen (secondary N) is 2. The number of carbonyl (C=O) groups is 2. The van der Waals surface area contributed by atoms with Crippen LogP contribution in [0.5, 0.6) is 11.5 Å². The van der Waals surface area contributed by atoms with E-state index in [1.54, 1.807) is 30.3 Å². The number of nitro benzene ring substituents is 1. The van der Waals surface area contributed by atoms with Gasteiger partial charge in [-0.25, -0.2) is 0 Å². The van der Waals surface area contributed by atoms with Crippen LogP contribution in [0.4, 0.5) is 17.1 Å². The van der Waals surface area contributed by atoms with Crippen LogP contribution in [-0.2, 0) is 4.79 Å². The molecule has 0 aromatic heterocycles. The zero-order valence-electron chi connectivity index (χ0n) is 21.4. The number of methoxy groups -OCH3 is 2. The van der Waals surface area contributed by atoms with Crippen molar-refractivity contribution in [1.82, 2.24) is 0 Å². The van der Waals surface area contributed by atoms with Crippen molar-refractivity contribution in [2.24, 2.45) is 0 Å². The molecule has 2 N–H and O–H groups in total. The molecule has 4 rings (SSSR count). The predicted molar refractivity (Wildman–Crippen MR) is 156 cm³/mol. The van der Waals surface area contributed by atoms with Gasteiger partial charge in [0.25, 0.3) is 11.6 Å². The number of halogens is 1. The quantitative estimate of drug-likeness (QED) is 0.118. The largest absolute Gasteiger partial charge is 0.495 e. The molecular weight excluding hydrogens is 554 g/mol. The van der Waals surface area contributed by atoms with Crippen molar-refractivity contribution >= 4 is 52.2 Å². The summed E-state index contributed by atoms with van der Waals surface area (Å²) in [5.74, 6) is 0.0781. The Bertz CT molecular complexity index is 1530. The van der Waals surface area contributed by atoms with Crippen LogP contribution in [0.2, 0.25) is 5.02 Å². The molecule has 9 nitrogen and oxygen atoms in total. The monoisotopic (exact) mass is 577 g/mol. The number of anilines is 2. The van der Waals surface area contributed by atoms with Crippen LogP contribution in [0.25, 0.3) is 0 Å². The number of nitrogens with zero attached hydrogens (tertiary/aromatic N) is 1. The van der Waals surface area contributed by atoms with E-state index in [0.29, 0.717) is 27.9 Å². The fraction of sp³-hybridized carbons (Fsp3) is 0.103. The molecule has 204 valence electrons. The van der Waals surface area contributed by atoms with Crippen LogP contribution in [-0.4, -0.2) is 31.0 Å². The topological polar surface area (TPSA) is 120 Å². The van der Waals surface area contributed by atoms with Crippen LogP contribution in [0.15, 0.2) is 95.9 Å². The van der Waals surface area contributed by atoms with Crippen molar-refractivity contribution in [3.63, 3.8) is 0 Å². The summed E-state index contributed by atoms with van der Waals surface area (Å²) < 4.78 is 10.7. The first-order chi connectivity index (χ1) is 19.3. The van der Waals surface area contributed by atoms with Gasteiger partial charge < -0.3 is 20.1 Å². The molecule has 0 aliphatic rings. The number of carbonyl (C=O) groups excluding carboxylic acids is 2. The summed E-state index contributed by atoms with van der Waals surface area (Å²) in [7, 11) is 2.97. The van der Waals surface area contributed by atoms with E-state index in [1.807, 2.05) is 36.4 Å². The number of hydrogen-bond acceptors (Lipinski definition) is 7. The van der Waals surface area contributed by atoms with Gasteiger partial charge in [0, 0.05) is 34.3 Å². The maximum atomic E-state index is 13.6. The molecule has 1 unspecified atom stereocenters. The van der Waals surface area contributed by atoms with Gasteiger partial charge in [0.2, 0.25) is 5.91 Å². The number of benzene rings is 4. The molecule has 11 heteroatoms. The lowest BCUT2D eigenvalue weighted by molar-refractivity contribution is -0.384. The third kappa shape index (κ3) is 6.90. The van der Waals surface area contributed by atoms with Gasteiger partial charge in [-0.1, -0.05) is 48.0 Å². The molecule has 0 aliphatic heterocycles. The van der Waals surface area contributed by atoms with Gasteiger partial charge in [0.05, 0.1) is 29.9 Å². The molecule has 0 spiro atoms. The third-order valence-electron chi connectivity index (χ3n) is 5.76. The summed E-state index contributed by atoms with van der Waals surface area (Å²) in [4.78, 5) is 37.4. The van der Waals surface area contributed by atoms with Gasteiger partial charge >= 0.3 is 0 Å². The molecule has 0 aliphatic carbocycles. The van der Waals surface area contributed by atoms with E-state index in [0.717, 1.165) is 10.5 Å². The number of hydrogen-bond donors (Lipinski definition) is 2. The van der Waals surface area contributed by atoms with E-state index < -0.39 is 16.1 Å². The maximum absolute atomic E-state index is 13.6. The summed E-state index contributed by atoms with van der Waals surface area (Å²) in [6.45, 7) is 0. The highest BCUT2D eigenvalue weighted by atomic mass is 35.5. The van der Waals surface area contributed by atoms with E-state index in [2.05, 4.69) is 10.6 Å². The molecule has 0 radical (unpaired) electrons. The van der Waals surface area contributed by atoms with E-state index in [4.69, 9.17) is 21.1 Å². The minimum atomic E-state index is -0.660. The highest BCUT2D eigenvalue weighted by Crippen LogP contribution is 2.40. The lowest BCUT2D eigenvalue weighted by atomic mass is 10.1. The number of thioether (sulfide) groups is 1. The minimum Gasteiger partial charge on any atom is -0.495 e. The lowest BCUT2D eigenvalue weighted by Crippen LogP contribution is -2.19. The summed E-state index contributed by atoms with van der Waals surface area (Å²) >= 11 is 7.59. The van der Waals surface area contributed by atoms with E-state index in [-0.39, 0.29) is 17.2 Å². The lowest BCUT2D eigenvalue weighted by Gasteiger charge is -2.19.